The van der Waals surface area contributed by atoms with Gasteiger partial charge >= 0.3 is 6.09 Å². The molecule has 87 valence electrons. The van der Waals surface area contributed by atoms with Crippen LogP contribution in [0.15, 0.2) is 0 Å². The van der Waals surface area contributed by atoms with Gasteiger partial charge in [-0.05, 0) is 41.0 Å². The van der Waals surface area contributed by atoms with E-state index in [0.29, 0.717) is 18.6 Å². The van der Waals surface area contributed by atoms with Gasteiger partial charge in [-0.15, -0.1) is 0 Å². The van der Waals surface area contributed by atoms with E-state index in [1.165, 1.54) is 0 Å². The first-order chi connectivity index (χ1) is 6.74. The van der Waals surface area contributed by atoms with E-state index >= 15 is 0 Å². The Kier molecular flexibility index (Phi) is 5.33. The van der Waals surface area contributed by atoms with Crippen LogP contribution in [0.1, 0.15) is 40.5 Å². The predicted molar refractivity (Wildman–Crippen MR) is 61.1 cm³/mol. The van der Waals surface area contributed by atoms with Gasteiger partial charge in [-0.25, -0.2) is 4.79 Å². The molecule has 1 amide bonds. The van der Waals surface area contributed by atoms with Crippen molar-refractivity contribution in [1.29, 1.82) is 5.41 Å². The Morgan fingerprint density at radius 2 is 2.07 bits per heavy atom. The largest absolute Gasteiger partial charge is 0.444 e. The Labute approximate surface area is 91.9 Å². The SMILES string of the molecule is [CH2]CC(=N)CC(C)NC(=O)OC(C)(C)C. The molecule has 0 aliphatic rings. The number of rotatable bonds is 4. The fourth-order valence-electron chi connectivity index (χ4n) is 1.03. The smallest absolute Gasteiger partial charge is 0.407 e. The van der Waals surface area contributed by atoms with Crippen LogP contribution in [-0.4, -0.2) is 23.4 Å². The van der Waals surface area contributed by atoms with Crippen LogP contribution in [0.3, 0.4) is 0 Å². The van der Waals surface area contributed by atoms with Gasteiger partial charge in [0, 0.05) is 18.2 Å². The molecular formula is C11H21N2O2. The van der Waals surface area contributed by atoms with Crippen molar-refractivity contribution in [3.8, 4) is 0 Å². The minimum Gasteiger partial charge on any atom is -0.444 e. The van der Waals surface area contributed by atoms with Gasteiger partial charge in [-0.3, -0.25) is 0 Å². The van der Waals surface area contributed by atoms with Crippen molar-refractivity contribution in [1.82, 2.24) is 5.32 Å². The van der Waals surface area contributed by atoms with Gasteiger partial charge in [0.2, 0.25) is 0 Å². The Hall–Kier alpha value is -1.06. The van der Waals surface area contributed by atoms with Crippen LogP contribution in [0.25, 0.3) is 0 Å². The number of hydrogen-bond donors (Lipinski definition) is 2. The van der Waals surface area contributed by atoms with Gasteiger partial charge in [-0.2, -0.15) is 0 Å². The van der Waals surface area contributed by atoms with Crippen LogP contribution < -0.4 is 5.32 Å². The van der Waals surface area contributed by atoms with Crippen LogP contribution in [0.2, 0.25) is 0 Å². The van der Waals surface area contributed by atoms with Crippen molar-refractivity contribution < 1.29 is 9.53 Å². The second-order valence-electron chi connectivity index (χ2n) is 4.60. The topological polar surface area (TPSA) is 62.2 Å². The minimum atomic E-state index is -0.483. The molecule has 1 radical (unpaired) electrons. The molecule has 0 aromatic heterocycles. The van der Waals surface area contributed by atoms with Crippen LogP contribution in [0.4, 0.5) is 4.79 Å². The molecule has 0 aromatic carbocycles. The number of carbonyl (C=O) groups excluding carboxylic acids is 1. The van der Waals surface area contributed by atoms with Gasteiger partial charge in [0.1, 0.15) is 5.60 Å². The van der Waals surface area contributed by atoms with E-state index in [1.807, 2.05) is 27.7 Å². The number of alkyl carbamates (subject to hydrolysis) is 1. The number of carbonyl (C=O) groups is 1. The number of ether oxygens (including phenoxy) is 1. The second kappa shape index (κ2) is 5.73. The lowest BCUT2D eigenvalue weighted by Crippen LogP contribution is -2.38. The lowest BCUT2D eigenvalue weighted by Gasteiger charge is -2.21. The maximum Gasteiger partial charge on any atom is 0.407 e. The van der Waals surface area contributed by atoms with E-state index in [9.17, 15) is 4.79 Å². The molecule has 15 heavy (non-hydrogen) atoms. The average Bonchev–Trinajstić information content (AvgIpc) is 1.99. The standard InChI is InChI=1S/C11H21N2O2/c1-6-9(12)7-8(2)13-10(14)15-11(3,4)5/h8,12H,1,6-7H2,2-5H3,(H,13,14). The monoisotopic (exact) mass is 213 g/mol. The summed E-state index contributed by atoms with van der Waals surface area (Å²) >= 11 is 0. The fraction of sp³-hybridized carbons (Fsp3) is 0.727. The Morgan fingerprint density at radius 1 is 1.53 bits per heavy atom. The molecule has 1 unspecified atom stereocenters. The quantitative estimate of drug-likeness (QED) is 0.705. The molecule has 0 spiro atoms. The molecule has 0 heterocycles. The summed E-state index contributed by atoms with van der Waals surface area (Å²) in [6, 6.07) is -0.0888. The summed E-state index contributed by atoms with van der Waals surface area (Å²) in [7, 11) is 0. The summed E-state index contributed by atoms with van der Waals surface area (Å²) in [6.07, 6.45) is 0.551. The summed E-state index contributed by atoms with van der Waals surface area (Å²) < 4.78 is 5.09. The third kappa shape index (κ3) is 7.97. The molecule has 0 aliphatic heterocycles. The van der Waals surface area contributed by atoms with Gasteiger partial charge in [0.15, 0.2) is 0 Å². The predicted octanol–water partition coefficient (Wildman–Crippen LogP) is 2.53. The van der Waals surface area contributed by atoms with E-state index in [0.717, 1.165) is 0 Å². The fourth-order valence-corrected chi connectivity index (χ4v) is 1.03. The van der Waals surface area contributed by atoms with E-state index in [-0.39, 0.29) is 6.04 Å². The van der Waals surface area contributed by atoms with Crippen molar-refractivity contribution in [3.63, 3.8) is 0 Å². The maximum absolute atomic E-state index is 11.3. The molecule has 0 bridgehead atoms. The van der Waals surface area contributed by atoms with Crippen LogP contribution >= 0.6 is 0 Å². The molecule has 0 saturated heterocycles. The molecule has 0 aromatic rings. The van der Waals surface area contributed by atoms with E-state index in [1.54, 1.807) is 0 Å². The van der Waals surface area contributed by atoms with Crippen molar-refractivity contribution in [2.24, 2.45) is 0 Å². The molecule has 0 saturated carbocycles. The first-order valence-corrected chi connectivity index (χ1v) is 5.09. The van der Waals surface area contributed by atoms with Gasteiger partial charge in [0.25, 0.3) is 0 Å². The van der Waals surface area contributed by atoms with Crippen molar-refractivity contribution in [2.75, 3.05) is 0 Å². The number of hydrogen-bond acceptors (Lipinski definition) is 3. The summed E-state index contributed by atoms with van der Waals surface area (Å²) in [4.78, 5) is 11.3. The lowest BCUT2D eigenvalue weighted by molar-refractivity contribution is 0.0510. The molecule has 0 rings (SSSR count). The van der Waals surface area contributed by atoms with E-state index in [2.05, 4.69) is 12.2 Å². The zero-order valence-corrected chi connectivity index (χ0v) is 10.0. The van der Waals surface area contributed by atoms with Gasteiger partial charge in [0.05, 0.1) is 0 Å². The highest BCUT2D eigenvalue weighted by atomic mass is 16.6. The average molecular weight is 213 g/mol. The van der Waals surface area contributed by atoms with Gasteiger partial charge in [-0.1, -0.05) is 0 Å². The lowest BCUT2D eigenvalue weighted by atomic mass is 10.1. The third-order valence-corrected chi connectivity index (χ3v) is 1.62. The Morgan fingerprint density at radius 3 is 2.47 bits per heavy atom. The van der Waals surface area contributed by atoms with Crippen molar-refractivity contribution in [2.45, 2.75) is 52.2 Å². The molecule has 4 nitrogen and oxygen atoms in total. The van der Waals surface area contributed by atoms with Crippen LogP contribution in [-0.2, 0) is 4.74 Å². The minimum absolute atomic E-state index is 0.0888. The molecular weight excluding hydrogens is 192 g/mol. The highest BCUT2D eigenvalue weighted by Gasteiger charge is 2.17. The summed E-state index contributed by atoms with van der Waals surface area (Å²) in [5.74, 6) is 0. The third-order valence-electron chi connectivity index (χ3n) is 1.62. The summed E-state index contributed by atoms with van der Waals surface area (Å²) in [6.45, 7) is 10.9. The molecule has 4 heteroatoms. The van der Waals surface area contributed by atoms with E-state index < -0.39 is 11.7 Å². The highest BCUT2D eigenvalue weighted by molar-refractivity contribution is 5.82. The van der Waals surface area contributed by atoms with E-state index in [4.69, 9.17) is 10.1 Å². The zero-order chi connectivity index (χ0) is 12.1. The second-order valence-corrected chi connectivity index (χ2v) is 4.60. The molecule has 1 atom stereocenters. The number of nitrogens with one attached hydrogen (secondary N) is 2. The van der Waals surface area contributed by atoms with Crippen molar-refractivity contribution in [3.05, 3.63) is 6.92 Å². The first-order valence-electron chi connectivity index (χ1n) is 5.09. The Balaban J connectivity index is 3.92. The summed E-state index contributed by atoms with van der Waals surface area (Å²) in [5, 5.41) is 10.1. The van der Waals surface area contributed by atoms with Crippen LogP contribution in [0.5, 0.6) is 0 Å². The molecule has 2 N–H and O–H groups in total. The highest BCUT2D eigenvalue weighted by Crippen LogP contribution is 2.07. The normalized spacial score (nSPS) is 13.1. The maximum atomic E-state index is 11.3. The molecule has 0 fully saturated rings. The zero-order valence-electron chi connectivity index (χ0n) is 10.0. The molecule has 0 aliphatic carbocycles. The first kappa shape index (κ1) is 13.9. The Bertz CT molecular complexity index is 231. The summed E-state index contributed by atoms with van der Waals surface area (Å²) in [5.41, 5.74) is 0.0439. The van der Waals surface area contributed by atoms with Gasteiger partial charge < -0.3 is 15.5 Å². The number of amides is 1. The van der Waals surface area contributed by atoms with Crippen LogP contribution in [0, 0.1) is 12.3 Å². The van der Waals surface area contributed by atoms with Crippen molar-refractivity contribution >= 4 is 11.8 Å².